The molecular formula is C16H20ClN3. The summed E-state index contributed by atoms with van der Waals surface area (Å²) in [7, 11) is 1.96. The quantitative estimate of drug-likeness (QED) is 0.916. The van der Waals surface area contributed by atoms with Crippen LogP contribution in [0.4, 0.5) is 0 Å². The number of benzene rings is 1. The highest BCUT2D eigenvalue weighted by molar-refractivity contribution is 6.31. The lowest BCUT2D eigenvalue weighted by molar-refractivity contribution is 0.293. The zero-order valence-electron chi connectivity index (χ0n) is 11.7. The molecule has 106 valence electrons. The van der Waals surface area contributed by atoms with Gasteiger partial charge >= 0.3 is 0 Å². The molecule has 1 aliphatic rings. The van der Waals surface area contributed by atoms with Crippen LogP contribution in [0.25, 0.3) is 0 Å². The van der Waals surface area contributed by atoms with E-state index in [2.05, 4.69) is 28.7 Å². The van der Waals surface area contributed by atoms with Crippen LogP contribution in [0.2, 0.25) is 5.02 Å². The molecule has 0 amide bonds. The number of nitrogens with zero attached hydrogens (tertiary/aromatic N) is 2. The Morgan fingerprint density at radius 2 is 2.15 bits per heavy atom. The molecule has 1 heterocycles. The van der Waals surface area contributed by atoms with Gasteiger partial charge in [0.2, 0.25) is 0 Å². The molecule has 0 saturated heterocycles. The number of nitrogens with one attached hydrogen (secondary N) is 1. The molecule has 4 heteroatoms. The molecule has 1 aromatic heterocycles. The van der Waals surface area contributed by atoms with E-state index in [-0.39, 0.29) is 0 Å². The molecule has 20 heavy (non-hydrogen) atoms. The second kappa shape index (κ2) is 5.98. The third-order valence-corrected chi connectivity index (χ3v) is 4.43. The largest absolute Gasteiger partial charge is 0.314 e. The molecule has 0 atom stereocenters. The van der Waals surface area contributed by atoms with E-state index in [1.165, 1.54) is 24.0 Å². The third-order valence-electron chi connectivity index (χ3n) is 4.09. The van der Waals surface area contributed by atoms with E-state index < -0.39 is 0 Å². The molecule has 0 spiro atoms. The lowest BCUT2D eigenvalue weighted by atomic mass is 9.76. The Morgan fingerprint density at radius 3 is 2.85 bits per heavy atom. The summed E-state index contributed by atoms with van der Waals surface area (Å²) in [6, 6.07) is 8.84. The number of rotatable bonds is 5. The topological polar surface area (TPSA) is 29.9 Å². The summed E-state index contributed by atoms with van der Waals surface area (Å²) >= 11 is 6.24. The molecular weight excluding hydrogens is 270 g/mol. The molecule has 3 rings (SSSR count). The Labute approximate surface area is 124 Å². The molecule has 1 N–H and O–H groups in total. The Hall–Kier alpha value is -1.32. The average molecular weight is 290 g/mol. The highest BCUT2D eigenvalue weighted by Crippen LogP contribution is 2.39. The number of hydrogen-bond acceptors (Lipinski definition) is 2. The zero-order chi connectivity index (χ0) is 13.9. The second-order valence-corrected chi connectivity index (χ2v) is 6.02. The fourth-order valence-corrected chi connectivity index (χ4v) is 3.16. The first-order chi connectivity index (χ1) is 9.72. The maximum Gasteiger partial charge on any atom is 0.0522 e. The van der Waals surface area contributed by atoms with E-state index in [9.17, 15) is 0 Å². The summed E-state index contributed by atoms with van der Waals surface area (Å²) < 4.78 is 1.85. The lowest BCUT2D eigenvalue weighted by Crippen LogP contribution is -2.41. The van der Waals surface area contributed by atoms with Gasteiger partial charge in [-0.25, -0.2) is 0 Å². The van der Waals surface area contributed by atoms with Crippen LogP contribution in [0, 0.1) is 0 Å². The third kappa shape index (κ3) is 3.05. The summed E-state index contributed by atoms with van der Waals surface area (Å²) in [4.78, 5) is 0. The molecule has 2 aromatic rings. The Bertz CT molecular complexity index is 573. The first kappa shape index (κ1) is 13.7. The van der Waals surface area contributed by atoms with Gasteiger partial charge in [0.15, 0.2) is 0 Å². The van der Waals surface area contributed by atoms with Crippen molar-refractivity contribution in [2.75, 3.05) is 6.54 Å². The molecule has 1 aliphatic carbocycles. The van der Waals surface area contributed by atoms with Gasteiger partial charge in [-0.1, -0.05) is 29.8 Å². The van der Waals surface area contributed by atoms with E-state index in [0.29, 0.717) is 12.0 Å². The normalized spacial score (nSPS) is 21.7. The monoisotopic (exact) mass is 289 g/mol. The van der Waals surface area contributed by atoms with E-state index in [1.807, 2.05) is 30.1 Å². The van der Waals surface area contributed by atoms with Crippen molar-refractivity contribution in [3.63, 3.8) is 0 Å². The van der Waals surface area contributed by atoms with Crippen LogP contribution in [-0.4, -0.2) is 22.4 Å². The van der Waals surface area contributed by atoms with Gasteiger partial charge in [-0.05, 0) is 48.9 Å². The molecule has 0 bridgehead atoms. The minimum absolute atomic E-state index is 0.625. The van der Waals surface area contributed by atoms with Crippen LogP contribution < -0.4 is 5.32 Å². The SMILES string of the molecule is Cn1cc(CCNC2CC(c3ccccc3Cl)C2)cn1. The maximum absolute atomic E-state index is 6.24. The zero-order valence-corrected chi connectivity index (χ0v) is 12.5. The van der Waals surface area contributed by atoms with Gasteiger partial charge in [0.25, 0.3) is 0 Å². The van der Waals surface area contributed by atoms with Gasteiger partial charge < -0.3 is 5.32 Å². The van der Waals surface area contributed by atoms with Crippen LogP contribution in [0.1, 0.15) is 29.9 Å². The highest BCUT2D eigenvalue weighted by atomic mass is 35.5. The van der Waals surface area contributed by atoms with Gasteiger partial charge in [0.05, 0.1) is 6.20 Å². The molecule has 0 radical (unpaired) electrons. The van der Waals surface area contributed by atoms with E-state index in [0.717, 1.165) is 18.0 Å². The van der Waals surface area contributed by atoms with E-state index in [4.69, 9.17) is 11.6 Å². The van der Waals surface area contributed by atoms with Gasteiger partial charge in [0, 0.05) is 24.3 Å². The fourth-order valence-electron chi connectivity index (χ4n) is 2.87. The predicted octanol–water partition coefficient (Wildman–Crippen LogP) is 3.15. The van der Waals surface area contributed by atoms with Crippen molar-refractivity contribution >= 4 is 11.6 Å². The van der Waals surface area contributed by atoms with Crippen LogP contribution in [0.15, 0.2) is 36.7 Å². The van der Waals surface area contributed by atoms with Crippen LogP contribution >= 0.6 is 11.6 Å². The number of hydrogen-bond donors (Lipinski definition) is 1. The molecule has 3 nitrogen and oxygen atoms in total. The maximum atomic E-state index is 6.24. The molecule has 0 aliphatic heterocycles. The van der Waals surface area contributed by atoms with Crippen molar-refractivity contribution in [2.45, 2.75) is 31.2 Å². The van der Waals surface area contributed by atoms with Gasteiger partial charge in [-0.15, -0.1) is 0 Å². The number of aryl methyl sites for hydroxylation is 1. The van der Waals surface area contributed by atoms with Crippen LogP contribution in [0.3, 0.4) is 0 Å². The summed E-state index contributed by atoms with van der Waals surface area (Å²) in [5.41, 5.74) is 2.60. The molecule has 0 unspecified atom stereocenters. The Balaban J connectivity index is 1.41. The first-order valence-electron chi connectivity index (χ1n) is 7.17. The second-order valence-electron chi connectivity index (χ2n) is 5.61. The summed E-state index contributed by atoms with van der Waals surface area (Å²) in [5, 5.41) is 8.71. The summed E-state index contributed by atoms with van der Waals surface area (Å²) in [6.07, 6.45) is 7.44. The van der Waals surface area contributed by atoms with Crippen molar-refractivity contribution in [1.29, 1.82) is 0 Å². The van der Waals surface area contributed by atoms with Crippen molar-refractivity contribution in [2.24, 2.45) is 7.05 Å². The van der Waals surface area contributed by atoms with Crippen molar-refractivity contribution in [1.82, 2.24) is 15.1 Å². The van der Waals surface area contributed by atoms with Crippen molar-refractivity contribution < 1.29 is 0 Å². The minimum atomic E-state index is 0.625. The van der Waals surface area contributed by atoms with Gasteiger partial charge in [0.1, 0.15) is 0 Å². The lowest BCUT2D eigenvalue weighted by Gasteiger charge is -2.36. The highest BCUT2D eigenvalue weighted by Gasteiger charge is 2.30. The minimum Gasteiger partial charge on any atom is -0.314 e. The molecule has 1 aromatic carbocycles. The van der Waals surface area contributed by atoms with E-state index in [1.54, 1.807) is 0 Å². The van der Waals surface area contributed by atoms with Crippen LogP contribution in [0.5, 0.6) is 0 Å². The predicted molar refractivity (Wildman–Crippen MR) is 82.1 cm³/mol. The smallest absolute Gasteiger partial charge is 0.0522 e. The van der Waals surface area contributed by atoms with Crippen molar-refractivity contribution in [3.8, 4) is 0 Å². The van der Waals surface area contributed by atoms with Gasteiger partial charge in [-0.3, -0.25) is 4.68 Å². The standard InChI is InChI=1S/C16H20ClN3/c1-20-11-12(10-19-20)6-7-18-14-8-13(9-14)15-4-2-3-5-16(15)17/h2-5,10-11,13-14,18H,6-9H2,1H3. The van der Waals surface area contributed by atoms with Crippen LogP contribution in [-0.2, 0) is 13.5 Å². The number of halogens is 1. The summed E-state index contributed by atoms with van der Waals surface area (Å²) in [5.74, 6) is 0.625. The summed E-state index contributed by atoms with van der Waals surface area (Å²) in [6.45, 7) is 1.02. The fraction of sp³-hybridized carbons (Fsp3) is 0.438. The van der Waals surface area contributed by atoms with Crippen molar-refractivity contribution in [3.05, 3.63) is 52.8 Å². The average Bonchev–Trinajstić information content (AvgIpc) is 2.79. The van der Waals surface area contributed by atoms with E-state index >= 15 is 0 Å². The first-order valence-corrected chi connectivity index (χ1v) is 7.55. The Kier molecular flexibility index (Phi) is 4.08. The van der Waals surface area contributed by atoms with Gasteiger partial charge in [-0.2, -0.15) is 5.10 Å². The molecule has 1 fully saturated rings. The Morgan fingerprint density at radius 1 is 1.35 bits per heavy atom. The number of aromatic nitrogens is 2. The molecule has 1 saturated carbocycles.